The number of nitrogen functional groups attached to an aromatic ring is 1. The largest absolute Gasteiger partial charge is 0.397 e. The topological polar surface area (TPSA) is 26.0 Å². The third-order valence-electron chi connectivity index (χ3n) is 3.64. The second kappa shape index (κ2) is 5.73. The van der Waals surface area contributed by atoms with Gasteiger partial charge in [-0.25, -0.2) is 0 Å². The lowest BCUT2D eigenvalue weighted by molar-refractivity contribution is 0.590. The molecule has 0 aliphatic carbocycles. The fraction of sp³-hybridized carbons (Fsp3) is 0.400. The van der Waals surface area contributed by atoms with Gasteiger partial charge in [0.15, 0.2) is 0 Å². The molecule has 0 atom stereocenters. The molecule has 2 heteroatoms. The average Bonchev–Trinajstić information content (AvgIpc) is 2.47. The molecule has 0 bridgehead atoms. The molecule has 22 heavy (non-hydrogen) atoms. The first-order valence-corrected chi connectivity index (χ1v) is 8.18. The van der Waals surface area contributed by atoms with E-state index in [1.165, 1.54) is 0 Å². The van der Waals surface area contributed by atoms with Crippen molar-refractivity contribution in [2.24, 2.45) is 0 Å². The van der Waals surface area contributed by atoms with Gasteiger partial charge in [-0.2, -0.15) is 0 Å². The van der Waals surface area contributed by atoms with Crippen LogP contribution in [-0.4, -0.2) is 0 Å². The standard InChI is InChI=1S/C20H26BrN/c1-19(2,3)14-9-7-13(8-10-14)16-11-15(20(4,5)6)12-17(21)18(16)22/h7-12H,22H2,1-6H3/i7D,8D,9D,10D. The van der Waals surface area contributed by atoms with Gasteiger partial charge >= 0.3 is 0 Å². The van der Waals surface area contributed by atoms with Crippen molar-refractivity contribution in [3.8, 4) is 11.1 Å². The minimum Gasteiger partial charge on any atom is -0.397 e. The predicted octanol–water partition coefficient (Wildman–Crippen LogP) is 6.29. The third-order valence-corrected chi connectivity index (χ3v) is 4.30. The number of benzene rings is 2. The van der Waals surface area contributed by atoms with E-state index in [0.29, 0.717) is 21.3 Å². The Labute approximate surface area is 148 Å². The average molecular weight is 364 g/mol. The van der Waals surface area contributed by atoms with Gasteiger partial charge < -0.3 is 5.73 Å². The first kappa shape index (κ1) is 12.2. The Balaban J connectivity index is 2.93. The van der Waals surface area contributed by atoms with Gasteiger partial charge in [-0.3, -0.25) is 0 Å². The van der Waals surface area contributed by atoms with Gasteiger partial charge in [0.25, 0.3) is 0 Å². The van der Waals surface area contributed by atoms with E-state index in [9.17, 15) is 0 Å². The molecule has 2 aromatic rings. The second-order valence-corrected chi connectivity index (χ2v) is 8.52. The first-order valence-electron chi connectivity index (χ1n) is 9.38. The summed E-state index contributed by atoms with van der Waals surface area (Å²) < 4.78 is 34.6. The summed E-state index contributed by atoms with van der Waals surface area (Å²) in [5.41, 5.74) is 8.24. The van der Waals surface area contributed by atoms with Gasteiger partial charge in [-0.1, -0.05) is 65.7 Å². The zero-order chi connectivity index (χ0) is 20.2. The zero-order valence-electron chi connectivity index (χ0n) is 18.1. The lowest BCUT2D eigenvalue weighted by Gasteiger charge is -2.22. The molecule has 2 aromatic carbocycles. The van der Waals surface area contributed by atoms with Crippen molar-refractivity contribution in [2.45, 2.75) is 52.4 Å². The van der Waals surface area contributed by atoms with Crippen molar-refractivity contribution in [3.05, 3.63) is 51.9 Å². The van der Waals surface area contributed by atoms with E-state index in [-0.39, 0.29) is 35.1 Å². The summed E-state index contributed by atoms with van der Waals surface area (Å²) in [5, 5.41) is 0. The summed E-state index contributed by atoms with van der Waals surface area (Å²) in [7, 11) is 0. The molecular weight excluding hydrogens is 334 g/mol. The highest BCUT2D eigenvalue weighted by atomic mass is 79.9. The highest BCUT2D eigenvalue weighted by Crippen LogP contribution is 2.37. The van der Waals surface area contributed by atoms with Crippen molar-refractivity contribution in [1.29, 1.82) is 0 Å². The van der Waals surface area contributed by atoms with Crippen LogP contribution in [0.4, 0.5) is 5.69 Å². The SMILES string of the molecule is [2H]c1c([2H])c(C(C)(C)C)c([2H])c([2H])c1-c1cc(C(C)(C)C)cc(Br)c1N. The Morgan fingerprint density at radius 2 is 1.36 bits per heavy atom. The van der Waals surface area contributed by atoms with Crippen LogP contribution in [0.3, 0.4) is 0 Å². The molecule has 0 unspecified atom stereocenters. The van der Waals surface area contributed by atoms with Crippen LogP contribution in [0.2, 0.25) is 0 Å². The zero-order valence-corrected chi connectivity index (χ0v) is 15.7. The van der Waals surface area contributed by atoms with Crippen LogP contribution in [0, 0.1) is 0 Å². The predicted molar refractivity (Wildman–Crippen MR) is 101 cm³/mol. The van der Waals surface area contributed by atoms with E-state index in [2.05, 4.69) is 36.7 Å². The molecule has 0 saturated heterocycles. The van der Waals surface area contributed by atoms with Gasteiger partial charge in [0.1, 0.15) is 0 Å². The fourth-order valence-corrected chi connectivity index (χ4v) is 2.54. The number of hydrogen-bond donors (Lipinski definition) is 1. The van der Waals surface area contributed by atoms with Crippen LogP contribution in [0.25, 0.3) is 11.1 Å². The molecule has 118 valence electrons. The Hall–Kier alpha value is -1.28. The Bertz CT molecular complexity index is 848. The lowest BCUT2D eigenvalue weighted by atomic mass is 9.84. The molecule has 2 rings (SSSR count). The van der Waals surface area contributed by atoms with Gasteiger partial charge in [0.05, 0.1) is 11.2 Å². The van der Waals surface area contributed by atoms with Crippen LogP contribution >= 0.6 is 15.9 Å². The number of anilines is 1. The molecule has 2 N–H and O–H groups in total. The van der Waals surface area contributed by atoms with Crippen LogP contribution in [0.1, 0.15) is 58.2 Å². The molecule has 0 fully saturated rings. The maximum atomic E-state index is 8.52. The Morgan fingerprint density at radius 1 is 0.864 bits per heavy atom. The number of nitrogens with two attached hydrogens (primary N) is 1. The first-order chi connectivity index (χ1) is 11.7. The number of halogens is 1. The molecule has 0 radical (unpaired) electrons. The lowest BCUT2D eigenvalue weighted by Crippen LogP contribution is -2.12. The van der Waals surface area contributed by atoms with Crippen LogP contribution in [-0.2, 0) is 10.8 Å². The van der Waals surface area contributed by atoms with Crippen LogP contribution in [0.15, 0.2) is 40.8 Å². The van der Waals surface area contributed by atoms with E-state index < -0.39 is 5.41 Å². The molecule has 0 aromatic heterocycles. The van der Waals surface area contributed by atoms with Crippen molar-refractivity contribution < 1.29 is 5.48 Å². The van der Waals surface area contributed by atoms with Crippen molar-refractivity contribution >= 4 is 21.6 Å². The fourth-order valence-electron chi connectivity index (χ4n) is 2.08. The Morgan fingerprint density at radius 3 is 1.82 bits per heavy atom. The molecule has 0 saturated carbocycles. The third kappa shape index (κ3) is 3.55. The summed E-state index contributed by atoms with van der Waals surface area (Å²) in [6.45, 7) is 11.9. The van der Waals surface area contributed by atoms with Gasteiger partial charge in [0, 0.05) is 10.0 Å². The summed E-state index contributed by atoms with van der Waals surface area (Å²) >= 11 is 3.48. The summed E-state index contributed by atoms with van der Waals surface area (Å²) in [6.07, 6.45) is 0. The molecule has 0 aliphatic heterocycles. The van der Waals surface area contributed by atoms with Gasteiger partial charge in [-0.05, 0) is 55.6 Å². The van der Waals surface area contributed by atoms with Crippen molar-refractivity contribution in [1.82, 2.24) is 0 Å². The van der Waals surface area contributed by atoms with Gasteiger partial charge in [0.2, 0.25) is 0 Å². The summed E-state index contributed by atoms with van der Waals surface area (Å²) in [6, 6.07) is 3.69. The van der Waals surface area contributed by atoms with Crippen LogP contribution in [0.5, 0.6) is 0 Å². The molecule has 0 spiro atoms. The summed E-state index contributed by atoms with van der Waals surface area (Å²) in [5.74, 6) is 0. The number of rotatable bonds is 1. The highest BCUT2D eigenvalue weighted by Gasteiger charge is 2.18. The molecule has 0 amide bonds. The molecular formula is C20H26BrN. The monoisotopic (exact) mass is 363 g/mol. The maximum absolute atomic E-state index is 8.52. The van der Waals surface area contributed by atoms with Gasteiger partial charge in [-0.15, -0.1) is 0 Å². The smallest absolute Gasteiger partial charge is 0.0629 e. The van der Waals surface area contributed by atoms with Crippen molar-refractivity contribution in [3.63, 3.8) is 0 Å². The van der Waals surface area contributed by atoms with Crippen LogP contribution < -0.4 is 5.73 Å². The molecule has 1 nitrogen and oxygen atoms in total. The second-order valence-electron chi connectivity index (χ2n) is 7.67. The van der Waals surface area contributed by atoms with E-state index in [4.69, 9.17) is 11.2 Å². The van der Waals surface area contributed by atoms with E-state index in [1.54, 1.807) is 0 Å². The minimum atomic E-state index is -0.488. The normalized spacial score (nSPS) is 15.0. The Kier molecular flexibility index (Phi) is 3.17. The minimum absolute atomic E-state index is 0.00909. The maximum Gasteiger partial charge on any atom is 0.0629 e. The molecule has 0 aliphatic rings. The van der Waals surface area contributed by atoms with E-state index in [0.717, 1.165) is 5.56 Å². The van der Waals surface area contributed by atoms with E-state index >= 15 is 0 Å². The highest BCUT2D eigenvalue weighted by molar-refractivity contribution is 9.10. The number of hydrogen-bond acceptors (Lipinski definition) is 1. The molecule has 0 heterocycles. The summed E-state index contributed by atoms with van der Waals surface area (Å²) in [4.78, 5) is 0. The van der Waals surface area contributed by atoms with Crippen molar-refractivity contribution in [2.75, 3.05) is 5.73 Å². The van der Waals surface area contributed by atoms with E-state index in [1.807, 2.05) is 32.9 Å². The quantitative estimate of drug-likeness (QED) is 0.591.